The summed E-state index contributed by atoms with van der Waals surface area (Å²) in [5.41, 5.74) is 2.25. The van der Waals surface area contributed by atoms with Gasteiger partial charge in [-0.15, -0.1) is 0 Å². The molecule has 1 aliphatic rings. The minimum Gasteiger partial charge on any atom is -0.303 e. The molecular weight excluding hydrogens is 234 g/mol. The molecule has 0 spiro atoms. The van der Waals surface area contributed by atoms with Gasteiger partial charge in [-0.05, 0) is 43.2 Å². The molecule has 1 fully saturated rings. The summed E-state index contributed by atoms with van der Waals surface area (Å²) in [5, 5.41) is 0. The molecular formula is C17H25NO. The maximum Gasteiger partial charge on any atom is 0.124 e. The first kappa shape index (κ1) is 14.2. The zero-order valence-electron chi connectivity index (χ0n) is 12.0. The minimum absolute atomic E-state index is 0.483. The average molecular weight is 259 g/mol. The fourth-order valence-corrected chi connectivity index (χ4v) is 3.13. The first-order chi connectivity index (χ1) is 9.33. The molecule has 0 saturated heterocycles. The number of carbonyl (C=O) groups is 1. The minimum atomic E-state index is 0.483. The lowest BCUT2D eigenvalue weighted by Crippen LogP contribution is -2.14. The maximum absolute atomic E-state index is 10.5. The number of aldehydes is 1. The second-order valence-electron chi connectivity index (χ2n) is 5.82. The summed E-state index contributed by atoms with van der Waals surface area (Å²) in [6.07, 6.45) is 12.7. The van der Waals surface area contributed by atoms with Crippen LogP contribution in [0.3, 0.4) is 0 Å². The second-order valence-corrected chi connectivity index (χ2v) is 5.82. The summed E-state index contributed by atoms with van der Waals surface area (Å²) in [6, 6.07) is 4.18. The van der Waals surface area contributed by atoms with Gasteiger partial charge in [0.2, 0.25) is 0 Å². The third-order valence-corrected chi connectivity index (χ3v) is 4.40. The van der Waals surface area contributed by atoms with Crippen LogP contribution >= 0.6 is 0 Å². The number of pyridine rings is 1. The van der Waals surface area contributed by atoms with E-state index in [2.05, 4.69) is 24.0 Å². The van der Waals surface area contributed by atoms with Crippen molar-refractivity contribution in [2.24, 2.45) is 5.92 Å². The zero-order chi connectivity index (χ0) is 13.5. The summed E-state index contributed by atoms with van der Waals surface area (Å²) in [5.74, 6) is 1.59. The first-order valence-electron chi connectivity index (χ1n) is 7.72. The van der Waals surface area contributed by atoms with Gasteiger partial charge in [-0.25, -0.2) is 0 Å². The molecule has 19 heavy (non-hydrogen) atoms. The van der Waals surface area contributed by atoms with Crippen LogP contribution in [0.5, 0.6) is 0 Å². The summed E-state index contributed by atoms with van der Waals surface area (Å²) in [7, 11) is 0. The highest BCUT2D eigenvalue weighted by atomic mass is 16.1. The molecule has 1 heterocycles. The van der Waals surface area contributed by atoms with Crippen molar-refractivity contribution < 1.29 is 4.79 Å². The lowest BCUT2D eigenvalue weighted by Gasteiger charge is -2.28. The fraction of sp³-hybridized carbons (Fsp3) is 0.647. The Morgan fingerprint density at radius 2 is 2.05 bits per heavy atom. The number of rotatable bonds is 6. The number of nitrogens with zero attached hydrogens (tertiary/aromatic N) is 1. The zero-order valence-corrected chi connectivity index (χ0v) is 12.0. The predicted molar refractivity (Wildman–Crippen MR) is 78.2 cm³/mol. The van der Waals surface area contributed by atoms with Crippen molar-refractivity contribution in [3.05, 3.63) is 29.6 Å². The Labute approximate surface area is 116 Å². The SMILES string of the molecule is CCCCC1CCC(c2ccc(CC=O)cn2)CC1. The van der Waals surface area contributed by atoms with E-state index in [-0.39, 0.29) is 0 Å². The molecule has 0 N–H and O–H groups in total. The van der Waals surface area contributed by atoms with Crippen LogP contribution in [0.15, 0.2) is 18.3 Å². The van der Waals surface area contributed by atoms with Crippen molar-refractivity contribution in [3.63, 3.8) is 0 Å². The van der Waals surface area contributed by atoms with Gasteiger partial charge in [-0.3, -0.25) is 4.98 Å². The van der Waals surface area contributed by atoms with E-state index in [4.69, 9.17) is 0 Å². The third kappa shape index (κ3) is 4.15. The number of aromatic nitrogens is 1. The van der Waals surface area contributed by atoms with E-state index in [1.54, 1.807) is 0 Å². The average Bonchev–Trinajstić information content (AvgIpc) is 2.47. The number of hydrogen-bond acceptors (Lipinski definition) is 2. The van der Waals surface area contributed by atoms with Crippen LogP contribution in [0.1, 0.15) is 69.0 Å². The fourth-order valence-electron chi connectivity index (χ4n) is 3.13. The first-order valence-corrected chi connectivity index (χ1v) is 7.72. The van der Waals surface area contributed by atoms with Crippen molar-refractivity contribution in [1.29, 1.82) is 0 Å². The predicted octanol–water partition coefficient (Wildman–Crippen LogP) is 4.29. The monoisotopic (exact) mass is 259 g/mol. The van der Waals surface area contributed by atoms with Gasteiger partial charge in [0, 0.05) is 24.2 Å². The molecule has 2 nitrogen and oxygen atoms in total. The maximum atomic E-state index is 10.5. The smallest absolute Gasteiger partial charge is 0.124 e. The van der Waals surface area contributed by atoms with E-state index >= 15 is 0 Å². The van der Waals surface area contributed by atoms with E-state index in [1.165, 1.54) is 50.6 Å². The second kappa shape index (κ2) is 7.42. The van der Waals surface area contributed by atoms with Crippen molar-refractivity contribution >= 4 is 6.29 Å². The van der Waals surface area contributed by atoms with Crippen molar-refractivity contribution in [2.75, 3.05) is 0 Å². The van der Waals surface area contributed by atoms with E-state index < -0.39 is 0 Å². The molecule has 0 amide bonds. The Morgan fingerprint density at radius 3 is 2.63 bits per heavy atom. The lowest BCUT2D eigenvalue weighted by atomic mass is 9.78. The van der Waals surface area contributed by atoms with Gasteiger partial charge in [-0.2, -0.15) is 0 Å². The van der Waals surface area contributed by atoms with Gasteiger partial charge in [0.1, 0.15) is 6.29 Å². The molecule has 1 aromatic heterocycles. The summed E-state index contributed by atoms with van der Waals surface area (Å²) >= 11 is 0. The molecule has 0 unspecified atom stereocenters. The van der Waals surface area contributed by atoms with Crippen LogP contribution < -0.4 is 0 Å². The Balaban J connectivity index is 1.85. The Hall–Kier alpha value is -1.18. The molecule has 1 saturated carbocycles. The van der Waals surface area contributed by atoms with Gasteiger partial charge in [0.15, 0.2) is 0 Å². The Bertz CT molecular complexity index is 377. The van der Waals surface area contributed by atoms with Crippen molar-refractivity contribution in [3.8, 4) is 0 Å². The van der Waals surface area contributed by atoms with E-state index in [9.17, 15) is 4.79 Å². The Morgan fingerprint density at radius 1 is 1.26 bits per heavy atom. The van der Waals surface area contributed by atoms with Gasteiger partial charge >= 0.3 is 0 Å². The van der Waals surface area contributed by atoms with Crippen LogP contribution in [0.4, 0.5) is 0 Å². The van der Waals surface area contributed by atoms with Gasteiger partial charge < -0.3 is 4.79 Å². The number of hydrogen-bond donors (Lipinski definition) is 0. The summed E-state index contributed by atoms with van der Waals surface area (Å²) in [6.45, 7) is 2.27. The molecule has 0 radical (unpaired) electrons. The quantitative estimate of drug-likeness (QED) is 0.713. The Kier molecular flexibility index (Phi) is 5.56. The molecule has 1 aliphatic carbocycles. The van der Waals surface area contributed by atoms with Crippen molar-refractivity contribution in [1.82, 2.24) is 4.98 Å². The van der Waals surface area contributed by atoms with Crippen LogP contribution in [-0.4, -0.2) is 11.3 Å². The summed E-state index contributed by atoms with van der Waals surface area (Å²) < 4.78 is 0. The third-order valence-electron chi connectivity index (χ3n) is 4.40. The van der Waals surface area contributed by atoms with Crippen LogP contribution in [0, 0.1) is 5.92 Å². The van der Waals surface area contributed by atoms with Gasteiger partial charge in [0.25, 0.3) is 0 Å². The van der Waals surface area contributed by atoms with Gasteiger partial charge in [0.05, 0.1) is 0 Å². The largest absolute Gasteiger partial charge is 0.303 e. The molecule has 1 aromatic rings. The molecule has 0 aromatic carbocycles. The number of carbonyl (C=O) groups excluding carboxylic acids is 1. The molecule has 0 atom stereocenters. The van der Waals surface area contributed by atoms with E-state index in [1.807, 2.05) is 6.20 Å². The highest BCUT2D eigenvalue weighted by Gasteiger charge is 2.22. The highest BCUT2D eigenvalue weighted by molar-refractivity contribution is 5.54. The number of unbranched alkanes of at least 4 members (excludes halogenated alkanes) is 1. The van der Waals surface area contributed by atoms with Gasteiger partial charge in [-0.1, -0.05) is 32.3 Å². The van der Waals surface area contributed by atoms with Crippen LogP contribution in [0.25, 0.3) is 0 Å². The lowest BCUT2D eigenvalue weighted by molar-refractivity contribution is -0.107. The highest BCUT2D eigenvalue weighted by Crippen LogP contribution is 2.36. The van der Waals surface area contributed by atoms with E-state index in [0.717, 1.165) is 17.8 Å². The van der Waals surface area contributed by atoms with Crippen LogP contribution in [-0.2, 0) is 11.2 Å². The molecule has 2 heteroatoms. The molecule has 104 valence electrons. The van der Waals surface area contributed by atoms with Crippen LogP contribution in [0.2, 0.25) is 0 Å². The summed E-state index contributed by atoms with van der Waals surface area (Å²) in [4.78, 5) is 15.0. The molecule has 0 bridgehead atoms. The normalized spacial score (nSPS) is 23.2. The van der Waals surface area contributed by atoms with Crippen molar-refractivity contribution in [2.45, 2.75) is 64.2 Å². The molecule has 0 aliphatic heterocycles. The molecule has 2 rings (SSSR count). The van der Waals surface area contributed by atoms with E-state index in [0.29, 0.717) is 12.3 Å². The standard InChI is InChI=1S/C17H25NO/c1-2-3-4-14-5-8-16(9-6-14)17-10-7-15(11-12-19)13-18-17/h7,10,12-14,16H,2-6,8-9,11H2,1H3. The topological polar surface area (TPSA) is 30.0 Å².